The normalized spacial score (nSPS) is 12.6. The van der Waals surface area contributed by atoms with Crippen molar-refractivity contribution in [2.45, 2.75) is 20.3 Å². The van der Waals surface area contributed by atoms with Gasteiger partial charge in [0.15, 0.2) is 0 Å². The van der Waals surface area contributed by atoms with Crippen LogP contribution in [0.2, 0.25) is 0 Å². The Hall–Kier alpha value is -4.03. The number of nitrogens with one attached hydrogen (secondary N) is 2. The summed E-state index contributed by atoms with van der Waals surface area (Å²) in [6.07, 6.45) is 5.14. The molecule has 0 atom stereocenters. The van der Waals surface area contributed by atoms with Gasteiger partial charge in [-0.25, -0.2) is 23.9 Å². The molecule has 3 aromatic rings. The molecule has 0 bridgehead atoms. The molecule has 0 aliphatic heterocycles. The van der Waals surface area contributed by atoms with Crippen LogP contribution in [0.3, 0.4) is 0 Å². The van der Waals surface area contributed by atoms with Crippen molar-refractivity contribution in [2.24, 2.45) is 5.73 Å². The number of halogens is 1. The van der Waals surface area contributed by atoms with Crippen molar-refractivity contribution in [3.63, 3.8) is 0 Å². The third-order valence-corrected chi connectivity index (χ3v) is 6.12. The number of hydrogen-bond donors (Lipinski definition) is 3. The molecule has 0 unspecified atom stereocenters. The zero-order chi connectivity index (χ0) is 25.8. The zero-order valence-electron chi connectivity index (χ0n) is 19.3. The van der Waals surface area contributed by atoms with E-state index in [1.807, 2.05) is 16.4 Å². The minimum absolute atomic E-state index is 0.0658. The van der Waals surface area contributed by atoms with E-state index in [1.165, 1.54) is 18.5 Å². The highest BCUT2D eigenvalue weighted by Crippen LogP contribution is 2.31. The van der Waals surface area contributed by atoms with E-state index in [9.17, 15) is 13.2 Å². The van der Waals surface area contributed by atoms with Crippen LogP contribution in [0.5, 0.6) is 11.8 Å². The van der Waals surface area contributed by atoms with Crippen LogP contribution < -0.4 is 25.5 Å². The Morgan fingerprint density at radius 1 is 1.29 bits per heavy atom. The maximum atomic E-state index is 15.1. The molecule has 0 fully saturated rings. The van der Waals surface area contributed by atoms with Gasteiger partial charge in [-0.15, -0.1) is 0 Å². The van der Waals surface area contributed by atoms with Crippen LogP contribution in [0.15, 0.2) is 75.8 Å². The minimum atomic E-state index is -3.99. The van der Waals surface area contributed by atoms with Crippen molar-refractivity contribution in [3.8, 4) is 11.8 Å². The van der Waals surface area contributed by atoms with Gasteiger partial charge in [-0.05, 0) is 55.0 Å². The molecule has 10 nitrogen and oxygen atoms in total. The Kier molecular flexibility index (Phi) is 7.67. The van der Waals surface area contributed by atoms with E-state index in [0.29, 0.717) is 16.7 Å². The van der Waals surface area contributed by atoms with Crippen molar-refractivity contribution in [2.75, 3.05) is 7.05 Å². The molecule has 2 heterocycles. The highest BCUT2D eigenvalue weighted by molar-refractivity contribution is 7.87. The lowest BCUT2D eigenvalue weighted by molar-refractivity contribution is 0.437. The molecule has 4 N–H and O–H groups in total. The molecule has 0 spiro atoms. The van der Waals surface area contributed by atoms with Crippen LogP contribution in [-0.2, 0) is 16.6 Å². The highest BCUT2D eigenvalue weighted by Gasteiger charge is 2.19. The molecule has 0 aliphatic carbocycles. The highest BCUT2D eigenvalue weighted by atomic mass is 32.2. The second kappa shape index (κ2) is 10.5. The van der Waals surface area contributed by atoms with E-state index in [1.54, 1.807) is 25.1 Å². The standard InChI is InChI=1S/C23H24FN5O5S/c1-13-10-17-14(2)18(11-16(6-7-25)21(24)15(3)29-35(31,32)26-4)22(30)33-20(17)12-19(13)34-23-27-8-5-9-28-23/h5-10,12,26,29H,3,11,25H2,1-2,4H3/b7-6-,21-16-. The Bertz CT molecular complexity index is 1500. The maximum Gasteiger partial charge on any atom is 0.340 e. The first-order valence-electron chi connectivity index (χ1n) is 10.3. The number of fused-ring (bicyclic) bond motifs is 1. The van der Waals surface area contributed by atoms with Gasteiger partial charge in [0.1, 0.15) is 17.2 Å². The summed E-state index contributed by atoms with van der Waals surface area (Å²) in [5.41, 5.74) is 5.89. The number of ether oxygens (including phenoxy) is 1. The Morgan fingerprint density at radius 3 is 2.60 bits per heavy atom. The number of nitrogens with zero attached hydrogens (tertiary/aromatic N) is 2. The van der Waals surface area contributed by atoms with Crippen LogP contribution in [0, 0.1) is 13.8 Å². The third kappa shape index (κ3) is 5.91. The number of benzene rings is 1. The zero-order valence-corrected chi connectivity index (χ0v) is 20.1. The quantitative estimate of drug-likeness (QED) is 0.299. The first-order valence-corrected chi connectivity index (χ1v) is 11.7. The van der Waals surface area contributed by atoms with E-state index in [2.05, 4.69) is 16.5 Å². The van der Waals surface area contributed by atoms with Crippen molar-refractivity contribution >= 4 is 21.2 Å². The van der Waals surface area contributed by atoms with Crippen molar-refractivity contribution < 1.29 is 22.0 Å². The van der Waals surface area contributed by atoms with Gasteiger partial charge in [0.25, 0.3) is 10.2 Å². The number of rotatable bonds is 9. The molecule has 2 aromatic heterocycles. The van der Waals surface area contributed by atoms with Gasteiger partial charge in [0, 0.05) is 42.9 Å². The summed E-state index contributed by atoms with van der Waals surface area (Å²) >= 11 is 0. The lowest BCUT2D eigenvalue weighted by Gasteiger charge is -2.13. The van der Waals surface area contributed by atoms with Gasteiger partial charge in [-0.3, -0.25) is 4.72 Å². The number of nitrogens with two attached hydrogens (primary N) is 1. The summed E-state index contributed by atoms with van der Waals surface area (Å²) in [4.78, 5) is 20.9. The van der Waals surface area contributed by atoms with E-state index in [-0.39, 0.29) is 29.2 Å². The van der Waals surface area contributed by atoms with E-state index < -0.39 is 27.4 Å². The molecular weight excluding hydrogens is 477 g/mol. The number of aromatic nitrogens is 2. The lowest BCUT2D eigenvalue weighted by Crippen LogP contribution is -2.33. The second-order valence-corrected chi connectivity index (χ2v) is 9.02. The summed E-state index contributed by atoms with van der Waals surface area (Å²) in [5.74, 6) is -0.572. The number of aryl methyl sites for hydroxylation is 2. The van der Waals surface area contributed by atoms with E-state index in [4.69, 9.17) is 14.9 Å². The molecular formula is C23H24FN5O5S. The monoisotopic (exact) mass is 501 g/mol. The van der Waals surface area contributed by atoms with Crippen LogP contribution in [0.4, 0.5) is 4.39 Å². The van der Waals surface area contributed by atoms with Gasteiger partial charge >= 0.3 is 11.6 Å². The molecule has 0 radical (unpaired) electrons. The second-order valence-electron chi connectivity index (χ2n) is 7.40. The number of hydrogen-bond acceptors (Lipinski definition) is 8. The predicted molar refractivity (Wildman–Crippen MR) is 129 cm³/mol. The average molecular weight is 502 g/mol. The van der Waals surface area contributed by atoms with Gasteiger partial charge < -0.3 is 14.9 Å². The maximum absolute atomic E-state index is 15.1. The van der Waals surface area contributed by atoms with Crippen molar-refractivity contribution in [1.82, 2.24) is 19.4 Å². The van der Waals surface area contributed by atoms with Crippen LogP contribution in [0.25, 0.3) is 11.0 Å². The minimum Gasteiger partial charge on any atom is -0.424 e. The molecule has 35 heavy (non-hydrogen) atoms. The first-order chi connectivity index (χ1) is 16.6. The lowest BCUT2D eigenvalue weighted by atomic mass is 9.97. The summed E-state index contributed by atoms with van der Waals surface area (Å²) in [6.45, 7) is 6.93. The largest absolute Gasteiger partial charge is 0.424 e. The van der Waals surface area contributed by atoms with Crippen LogP contribution in [0.1, 0.15) is 16.7 Å². The predicted octanol–water partition coefficient (Wildman–Crippen LogP) is 2.80. The average Bonchev–Trinajstić information content (AvgIpc) is 2.82. The first kappa shape index (κ1) is 25.6. The summed E-state index contributed by atoms with van der Waals surface area (Å²) in [6, 6.07) is 5.12. The molecule has 0 amide bonds. The Morgan fingerprint density at radius 2 is 1.97 bits per heavy atom. The summed E-state index contributed by atoms with van der Waals surface area (Å²) < 4.78 is 53.6. The molecule has 0 aliphatic rings. The van der Waals surface area contributed by atoms with Crippen molar-refractivity contribution in [1.29, 1.82) is 0 Å². The van der Waals surface area contributed by atoms with Crippen molar-refractivity contribution in [3.05, 3.63) is 93.7 Å². The Balaban J connectivity index is 2.04. The molecule has 0 saturated heterocycles. The van der Waals surface area contributed by atoms with Crippen LogP contribution >= 0.6 is 0 Å². The molecule has 0 saturated carbocycles. The fourth-order valence-corrected chi connectivity index (χ4v) is 3.76. The van der Waals surface area contributed by atoms with Gasteiger partial charge in [-0.2, -0.15) is 8.42 Å². The fourth-order valence-electron chi connectivity index (χ4n) is 3.24. The Labute approximate surface area is 201 Å². The fraction of sp³-hybridized carbons (Fsp3) is 0.174. The van der Waals surface area contributed by atoms with E-state index >= 15 is 4.39 Å². The summed E-state index contributed by atoms with van der Waals surface area (Å²) in [7, 11) is -2.83. The smallest absolute Gasteiger partial charge is 0.340 e. The molecule has 12 heteroatoms. The van der Waals surface area contributed by atoms with Gasteiger partial charge in [0.2, 0.25) is 0 Å². The number of allylic oxidation sites excluding steroid dienone is 3. The third-order valence-electron chi connectivity index (χ3n) is 5.06. The topological polar surface area (TPSA) is 149 Å². The van der Waals surface area contributed by atoms with Gasteiger partial charge in [-0.1, -0.05) is 6.58 Å². The van der Waals surface area contributed by atoms with Crippen LogP contribution in [-0.4, -0.2) is 25.4 Å². The SMILES string of the molecule is C=C(NS(=O)(=O)NC)/C(F)=C(\C=C/N)Cc1c(C)c2cc(C)c(Oc3ncccn3)cc2oc1=O. The van der Waals surface area contributed by atoms with Gasteiger partial charge in [0.05, 0.1) is 5.70 Å². The molecule has 184 valence electrons. The molecule has 1 aromatic carbocycles. The van der Waals surface area contributed by atoms with E-state index in [0.717, 1.165) is 18.8 Å². The molecule has 3 rings (SSSR count). The summed E-state index contributed by atoms with van der Waals surface area (Å²) in [5, 5.41) is 0.615.